The molecule has 0 bridgehead atoms. The Hall–Kier alpha value is -2.09. The van der Waals surface area contributed by atoms with Crippen LogP contribution in [-0.2, 0) is 4.79 Å². The molecule has 0 aliphatic rings. The molecule has 0 heterocycles. The maximum Gasteiger partial charge on any atom is 0.248 e. The first-order valence-corrected chi connectivity index (χ1v) is 7.20. The summed E-state index contributed by atoms with van der Waals surface area (Å²) < 4.78 is 0.837. The number of rotatable bonds is 3. The van der Waals surface area contributed by atoms with E-state index in [-0.39, 0.29) is 5.91 Å². The number of benzene rings is 2. The van der Waals surface area contributed by atoms with Crippen LogP contribution in [0, 0.1) is 11.3 Å². The van der Waals surface area contributed by atoms with E-state index >= 15 is 0 Å². The van der Waals surface area contributed by atoms with Gasteiger partial charge in [-0.15, -0.1) is 0 Å². The Morgan fingerprint density at radius 3 is 2.76 bits per heavy atom. The summed E-state index contributed by atoms with van der Waals surface area (Å²) in [6.07, 6.45) is 2.97. The largest absolute Gasteiger partial charge is 0.321 e. The zero-order valence-electron chi connectivity index (χ0n) is 10.8. The lowest BCUT2D eigenvalue weighted by Crippen LogP contribution is -2.08. The maximum atomic E-state index is 11.9. The molecule has 21 heavy (non-hydrogen) atoms. The van der Waals surface area contributed by atoms with Crippen LogP contribution >= 0.6 is 27.5 Å². The molecule has 0 saturated heterocycles. The molecule has 0 unspecified atom stereocenters. The molecule has 1 amide bonds. The minimum absolute atomic E-state index is 0.313. The predicted molar refractivity (Wildman–Crippen MR) is 88.0 cm³/mol. The lowest BCUT2D eigenvalue weighted by Gasteiger charge is -2.05. The number of halogens is 2. The smallest absolute Gasteiger partial charge is 0.248 e. The number of hydrogen-bond acceptors (Lipinski definition) is 2. The first-order chi connectivity index (χ1) is 10.1. The molecule has 0 aliphatic carbocycles. The number of hydrogen-bond donors (Lipinski definition) is 1. The van der Waals surface area contributed by atoms with Crippen molar-refractivity contribution in [1.82, 2.24) is 0 Å². The molecule has 104 valence electrons. The van der Waals surface area contributed by atoms with Crippen molar-refractivity contribution in [2.75, 3.05) is 5.32 Å². The van der Waals surface area contributed by atoms with Crippen LogP contribution in [0.3, 0.4) is 0 Å². The summed E-state index contributed by atoms with van der Waals surface area (Å²) in [6.45, 7) is 0. The van der Waals surface area contributed by atoms with Crippen LogP contribution in [0.4, 0.5) is 5.69 Å². The van der Waals surface area contributed by atoms with Gasteiger partial charge in [0.2, 0.25) is 5.91 Å². The monoisotopic (exact) mass is 360 g/mol. The Kier molecular flexibility index (Phi) is 5.15. The fourth-order valence-corrected chi connectivity index (χ4v) is 2.40. The lowest BCUT2D eigenvalue weighted by molar-refractivity contribution is -0.111. The average molecular weight is 362 g/mol. The zero-order chi connectivity index (χ0) is 15.2. The highest BCUT2D eigenvalue weighted by atomic mass is 79.9. The number of amides is 1. The van der Waals surface area contributed by atoms with Crippen molar-refractivity contribution >= 4 is 45.2 Å². The lowest BCUT2D eigenvalue weighted by atomic mass is 10.1. The Balaban J connectivity index is 2.11. The van der Waals surface area contributed by atoms with Crippen molar-refractivity contribution < 1.29 is 4.79 Å². The molecule has 3 nitrogen and oxygen atoms in total. The Morgan fingerprint density at radius 1 is 1.29 bits per heavy atom. The van der Waals surface area contributed by atoms with Crippen LogP contribution in [0.25, 0.3) is 6.08 Å². The fourth-order valence-electron chi connectivity index (χ4n) is 1.67. The van der Waals surface area contributed by atoms with E-state index in [1.807, 2.05) is 6.07 Å². The van der Waals surface area contributed by atoms with Gasteiger partial charge in [0.1, 0.15) is 0 Å². The van der Waals surface area contributed by atoms with Crippen molar-refractivity contribution in [2.45, 2.75) is 0 Å². The summed E-state index contributed by atoms with van der Waals surface area (Å²) in [6, 6.07) is 14.3. The number of carbonyl (C=O) groups is 1. The van der Waals surface area contributed by atoms with E-state index in [0.29, 0.717) is 21.8 Å². The molecule has 2 rings (SSSR count). The Labute approximate surface area is 136 Å². The average Bonchev–Trinajstić information content (AvgIpc) is 2.48. The molecule has 0 spiro atoms. The Morgan fingerprint density at radius 2 is 2.05 bits per heavy atom. The first kappa shape index (κ1) is 15.3. The van der Waals surface area contributed by atoms with E-state index in [1.54, 1.807) is 42.5 Å². The summed E-state index contributed by atoms with van der Waals surface area (Å²) in [5.41, 5.74) is 1.74. The van der Waals surface area contributed by atoms with E-state index in [2.05, 4.69) is 27.3 Å². The second-order valence-corrected chi connectivity index (χ2v) is 5.47. The highest BCUT2D eigenvalue weighted by Gasteiger charge is 2.04. The van der Waals surface area contributed by atoms with Gasteiger partial charge < -0.3 is 5.32 Å². The number of anilines is 1. The molecule has 0 saturated carbocycles. The third-order valence-electron chi connectivity index (χ3n) is 2.68. The molecule has 2 aromatic rings. The molecule has 0 aromatic heterocycles. The van der Waals surface area contributed by atoms with Crippen molar-refractivity contribution in [3.05, 3.63) is 69.2 Å². The highest BCUT2D eigenvalue weighted by molar-refractivity contribution is 9.10. The van der Waals surface area contributed by atoms with Gasteiger partial charge in [-0.1, -0.05) is 45.7 Å². The number of nitrogens with one attached hydrogen (secondary N) is 1. The van der Waals surface area contributed by atoms with Gasteiger partial charge in [-0.2, -0.15) is 5.26 Å². The van der Waals surface area contributed by atoms with Gasteiger partial charge in [-0.25, -0.2) is 0 Å². The molecule has 0 radical (unpaired) electrons. The second kappa shape index (κ2) is 7.07. The summed E-state index contributed by atoms with van der Waals surface area (Å²) in [5, 5.41) is 12.1. The van der Waals surface area contributed by atoms with Crippen LogP contribution < -0.4 is 5.32 Å². The van der Waals surface area contributed by atoms with Crippen LogP contribution in [0.1, 0.15) is 11.1 Å². The molecule has 0 fully saturated rings. The minimum atomic E-state index is -0.313. The van der Waals surface area contributed by atoms with E-state index < -0.39 is 0 Å². The normalized spacial score (nSPS) is 10.3. The van der Waals surface area contributed by atoms with Gasteiger partial charge >= 0.3 is 0 Å². The van der Waals surface area contributed by atoms with Crippen molar-refractivity contribution in [1.29, 1.82) is 5.26 Å². The van der Waals surface area contributed by atoms with Gasteiger partial charge in [0, 0.05) is 10.5 Å². The topological polar surface area (TPSA) is 52.9 Å². The van der Waals surface area contributed by atoms with E-state index in [0.717, 1.165) is 4.47 Å². The third kappa shape index (κ3) is 4.19. The van der Waals surface area contributed by atoms with E-state index in [4.69, 9.17) is 16.9 Å². The molecule has 0 atom stereocenters. The van der Waals surface area contributed by atoms with Crippen molar-refractivity contribution in [2.24, 2.45) is 0 Å². The number of carbonyl (C=O) groups excluding carboxylic acids is 1. The van der Waals surface area contributed by atoms with Crippen LogP contribution in [0.15, 0.2) is 53.0 Å². The minimum Gasteiger partial charge on any atom is -0.321 e. The van der Waals surface area contributed by atoms with Crippen LogP contribution in [0.2, 0.25) is 5.02 Å². The van der Waals surface area contributed by atoms with Gasteiger partial charge in [-0.3, -0.25) is 4.79 Å². The second-order valence-electron chi connectivity index (χ2n) is 4.15. The van der Waals surface area contributed by atoms with E-state index in [1.165, 1.54) is 6.08 Å². The molecule has 1 N–H and O–H groups in total. The van der Waals surface area contributed by atoms with Gasteiger partial charge in [-0.05, 0) is 35.9 Å². The summed E-state index contributed by atoms with van der Waals surface area (Å²) in [7, 11) is 0. The summed E-state index contributed by atoms with van der Waals surface area (Å²) in [4.78, 5) is 11.9. The van der Waals surface area contributed by atoms with Gasteiger partial charge in [0.15, 0.2) is 0 Å². The molecular formula is C16H10BrClN2O. The quantitative estimate of drug-likeness (QED) is 0.811. The fraction of sp³-hybridized carbons (Fsp3) is 0. The third-order valence-corrected chi connectivity index (χ3v) is 3.49. The zero-order valence-corrected chi connectivity index (χ0v) is 13.1. The van der Waals surface area contributed by atoms with Crippen molar-refractivity contribution in [3.8, 4) is 6.07 Å². The summed E-state index contributed by atoms with van der Waals surface area (Å²) >= 11 is 9.32. The standard InChI is InChI=1S/C16H10BrClN2O/c17-13-6-7-15(14(18)9-13)20-16(21)8-5-11-3-1-2-4-12(11)10-19/h1-9H,(H,20,21)/b8-5+. The Bertz CT molecular complexity index is 750. The highest BCUT2D eigenvalue weighted by Crippen LogP contribution is 2.25. The predicted octanol–water partition coefficient (Wildman–Crippen LogP) is 4.63. The van der Waals surface area contributed by atoms with Gasteiger partial charge in [0.05, 0.1) is 22.3 Å². The van der Waals surface area contributed by atoms with Crippen molar-refractivity contribution in [3.63, 3.8) is 0 Å². The van der Waals surface area contributed by atoms with Crippen LogP contribution in [0.5, 0.6) is 0 Å². The molecule has 5 heteroatoms. The SMILES string of the molecule is N#Cc1ccccc1/C=C/C(=O)Nc1ccc(Br)cc1Cl. The first-order valence-electron chi connectivity index (χ1n) is 6.03. The van der Waals surface area contributed by atoms with E-state index in [9.17, 15) is 4.79 Å². The maximum absolute atomic E-state index is 11.9. The number of nitriles is 1. The van der Waals surface area contributed by atoms with Crippen LogP contribution in [-0.4, -0.2) is 5.91 Å². The summed E-state index contributed by atoms with van der Waals surface area (Å²) in [5.74, 6) is -0.313. The molecule has 0 aliphatic heterocycles. The number of nitrogens with zero attached hydrogens (tertiary/aromatic N) is 1. The molecular weight excluding hydrogens is 352 g/mol. The molecule has 2 aromatic carbocycles. The van der Waals surface area contributed by atoms with Gasteiger partial charge in [0.25, 0.3) is 0 Å².